The van der Waals surface area contributed by atoms with Crippen molar-refractivity contribution in [2.75, 3.05) is 36.0 Å². The van der Waals surface area contributed by atoms with Crippen molar-refractivity contribution in [3.05, 3.63) is 71.6 Å². The van der Waals surface area contributed by atoms with E-state index in [1.807, 2.05) is 53.6 Å². The molecule has 278 valence electrons. The third kappa shape index (κ3) is 8.68. The highest BCUT2D eigenvalue weighted by molar-refractivity contribution is 6.12. The lowest BCUT2D eigenvalue weighted by molar-refractivity contribution is -0.132. The number of piperazine rings is 1. The van der Waals surface area contributed by atoms with Crippen molar-refractivity contribution >= 4 is 23.5 Å². The fraction of sp³-hybridized carbons (Fsp3) is 0.513. The molecule has 53 heavy (non-hydrogen) atoms. The summed E-state index contributed by atoms with van der Waals surface area (Å²) in [5, 5.41) is 18.1. The molecule has 0 bridgehead atoms. The van der Waals surface area contributed by atoms with Crippen LogP contribution in [0, 0.1) is 11.3 Å². The van der Waals surface area contributed by atoms with Crippen molar-refractivity contribution < 1.29 is 9.59 Å². The quantitative estimate of drug-likeness (QED) is 0.158. The molecular weight excluding hydrogens is 669 g/mol. The van der Waals surface area contributed by atoms with Crippen LogP contribution in [0.2, 0.25) is 0 Å². The maximum atomic E-state index is 13.4. The summed E-state index contributed by atoms with van der Waals surface area (Å²) in [6.07, 6.45) is 16.8. The zero-order valence-corrected chi connectivity index (χ0v) is 31.1. The molecule has 0 radical (unpaired) electrons. The Bertz CT molecular complexity index is 1920. The van der Waals surface area contributed by atoms with Gasteiger partial charge in [-0.05, 0) is 58.4 Å². The molecule has 0 spiro atoms. The molecule has 1 saturated heterocycles. The van der Waals surface area contributed by atoms with Gasteiger partial charge in [-0.2, -0.15) is 5.26 Å². The number of rotatable bonds is 16. The van der Waals surface area contributed by atoms with Crippen LogP contribution in [-0.4, -0.2) is 89.3 Å². The van der Waals surface area contributed by atoms with E-state index in [0.29, 0.717) is 60.6 Å². The lowest BCUT2D eigenvalue weighted by atomic mass is 9.97. The number of carbonyl (C=O) groups excluding carboxylic acids is 2. The Morgan fingerprint density at radius 2 is 1.74 bits per heavy atom. The minimum atomic E-state index is -0.848. The number of fused-ring (bicyclic) bond motifs is 1. The van der Waals surface area contributed by atoms with Gasteiger partial charge in [-0.15, -0.1) is 5.10 Å². The third-order valence-electron chi connectivity index (χ3n) is 10.4. The van der Waals surface area contributed by atoms with Crippen LogP contribution in [0.4, 0.5) is 11.8 Å². The molecule has 1 amide bonds. The summed E-state index contributed by atoms with van der Waals surface area (Å²) in [5.41, 5.74) is 8.36. The van der Waals surface area contributed by atoms with E-state index >= 15 is 0 Å². The zero-order chi connectivity index (χ0) is 37.4. The Morgan fingerprint density at radius 3 is 2.45 bits per heavy atom. The van der Waals surface area contributed by atoms with E-state index in [1.54, 1.807) is 30.7 Å². The van der Waals surface area contributed by atoms with Gasteiger partial charge in [-0.3, -0.25) is 14.3 Å². The summed E-state index contributed by atoms with van der Waals surface area (Å²) >= 11 is 0. The van der Waals surface area contributed by atoms with Crippen LogP contribution in [0.1, 0.15) is 99.4 Å². The molecule has 1 fully saturated rings. The van der Waals surface area contributed by atoms with Crippen molar-refractivity contribution in [3.8, 4) is 17.3 Å². The van der Waals surface area contributed by atoms with Crippen molar-refractivity contribution in [1.29, 1.82) is 5.26 Å². The Morgan fingerprint density at radius 1 is 1.00 bits per heavy atom. The molecule has 6 rings (SSSR count). The molecular formula is C39H50N12O2. The van der Waals surface area contributed by atoms with E-state index in [9.17, 15) is 14.9 Å². The molecule has 4 aromatic rings. The first-order valence-corrected chi connectivity index (χ1v) is 18.8. The summed E-state index contributed by atoms with van der Waals surface area (Å²) < 4.78 is 1.86. The number of aromatic nitrogens is 7. The molecule has 0 saturated carbocycles. The maximum absolute atomic E-state index is 13.4. The van der Waals surface area contributed by atoms with Crippen LogP contribution < -0.4 is 15.5 Å². The molecule has 0 aromatic carbocycles. The Kier molecular flexibility index (Phi) is 12.0. The average Bonchev–Trinajstić information content (AvgIpc) is 3.69. The Labute approximate surface area is 311 Å². The largest absolute Gasteiger partial charge is 0.339 e. The maximum Gasteiger partial charge on any atom is 0.229 e. The minimum Gasteiger partial charge on any atom is -0.339 e. The fourth-order valence-corrected chi connectivity index (χ4v) is 7.21. The van der Waals surface area contributed by atoms with E-state index in [2.05, 4.69) is 36.2 Å². The summed E-state index contributed by atoms with van der Waals surface area (Å²) in [4.78, 5) is 51.1. The number of pyridine rings is 2. The first-order chi connectivity index (χ1) is 25.7. The van der Waals surface area contributed by atoms with Crippen molar-refractivity contribution in [3.63, 3.8) is 0 Å². The zero-order valence-electron chi connectivity index (χ0n) is 31.1. The van der Waals surface area contributed by atoms with E-state index in [4.69, 9.17) is 10.7 Å². The van der Waals surface area contributed by atoms with Gasteiger partial charge in [0.05, 0.1) is 28.9 Å². The van der Waals surface area contributed by atoms with Crippen LogP contribution in [0.25, 0.3) is 11.3 Å². The second-order valence-corrected chi connectivity index (χ2v) is 14.6. The Hall–Kier alpha value is -5.29. The van der Waals surface area contributed by atoms with Crippen LogP contribution in [0.15, 0.2) is 49.1 Å². The molecule has 2 aliphatic rings. The number of hydrogen-bond acceptors (Lipinski definition) is 12. The molecule has 1 atom stereocenters. The van der Waals surface area contributed by atoms with Crippen LogP contribution >= 0.6 is 0 Å². The first kappa shape index (κ1) is 37.5. The lowest BCUT2D eigenvalue weighted by Gasteiger charge is -2.39. The van der Waals surface area contributed by atoms with Crippen molar-refractivity contribution in [2.45, 2.75) is 103 Å². The highest BCUT2D eigenvalue weighted by atomic mass is 16.2. The van der Waals surface area contributed by atoms with Crippen molar-refractivity contribution in [2.24, 2.45) is 5.73 Å². The topological polar surface area (TPSA) is 176 Å². The van der Waals surface area contributed by atoms with Gasteiger partial charge in [-0.1, -0.05) is 49.8 Å². The highest BCUT2D eigenvalue weighted by Crippen LogP contribution is 2.39. The van der Waals surface area contributed by atoms with Gasteiger partial charge < -0.3 is 20.4 Å². The van der Waals surface area contributed by atoms with Gasteiger partial charge in [0, 0.05) is 74.7 Å². The van der Waals surface area contributed by atoms with Gasteiger partial charge in [0.1, 0.15) is 17.6 Å². The molecule has 2 N–H and O–H groups in total. The number of carbonyl (C=O) groups is 2. The van der Waals surface area contributed by atoms with Gasteiger partial charge in [0.25, 0.3) is 0 Å². The minimum absolute atomic E-state index is 0.0274. The fourth-order valence-electron chi connectivity index (χ4n) is 7.21. The number of anilines is 2. The van der Waals surface area contributed by atoms with Crippen molar-refractivity contribution in [1.82, 2.24) is 39.8 Å². The number of nitriles is 1. The molecule has 0 aliphatic carbocycles. The normalized spacial score (nSPS) is 16.5. The second kappa shape index (κ2) is 17.0. The number of aryl methyl sites for hydroxylation is 1. The molecule has 4 aromatic heterocycles. The van der Waals surface area contributed by atoms with E-state index < -0.39 is 5.54 Å². The summed E-state index contributed by atoms with van der Waals surface area (Å²) in [6, 6.07) is 9.37. The number of nitrogens with zero attached hydrogens (tertiary/aromatic N) is 11. The Balaban J connectivity index is 1.01. The second-order valence-electron chi connectivity index (χ2n) is 14.6. The molecule has 14 heteroatoms. The van der Waals surface area contributed by atoms with E-state index in [0.717, 1.165) is 37.1 Å². The molecule has 0 unspecified atom stereocenters. The van der Waals surface area contributed by atoms with Crippen LogP contribution in [-0.2, 0) is 24.3 Å². The summed E-state index contributed by atoms with van der Waals surface area (Å²) in [5.74, 6) is 1.16. The monoisotopic (exact) mass is 718 g/mol. The van der Waals surface area contributed by atoms with Gasteiger partial charge in [0.15, 0.2) is 5.78 Å². The summed E-state index contributed by atoms with van der Waals surface area (Å²) in [6.45, 7) is 9.47. The smallest absolute Gasteiger partial charge is 0.229 e. The molecule has 14 nitrogen and oxygen atoms in total. The number of unbranched alkanes of at least 4 members (excludes halogenated alkanes) is 7. The number of ketones is 1. The molecule has 2 aliphatic heterocycles. The lowest BCUT2D eigenvalue weighted by Crippen LogP contribution is -2.54. The number of amides is 1. The van der Waals surface area contributed by atoms with Crippen LogP contribution in [0.3, 0.4) is 0 Å². The highest BCUT2D eigenvalue weighted by Gasteiger charge is 2.45. The number of nitrogens with two attached hydrogens (primary N) is 1. The van der Waals surface area contributed by atoms with Crippen LogP contribution in [0.5, 0.6) is 0 Å². The third-order valence-corrected chi connectivity index (χ3v) is 10.4. The first-order valence-electron chi connectivity index (χ1n) is 18.8. The predicted octanol–water partition coefficient (Wildman–Crippen LogP) is 4.74. The standard InChI is InChI=1S/C39H50N12O2/c1-28-25-48(19-20-50(28)35(52)21-31-27-49(47-46-31)18-11-9-7-5-4-6-8-10-16-40)38-43-23-30(24-44-38)33-15-14-32-36(53)39(2,3)51(37(32)45-33)26-29-13-12-17-42-34(29)22-41/h12-15,17,23-24,27-28H,4-11,16,18-21,25-26,40H2,1-3H3/t28-/m1/s1. The van der Waals surface area contributed by atoms with Gasteiger partial charge in [-0.25, -0.2) is 19.9 Å². The predicted molar refractivity (Wildman–Crippen MR) is 202 cm³/mol. The summed E-state index contributed by atoms with van der Waals surface area (Å²) in [7, 11) is 0. The molecule has 6 heterocycles. The number of hydrogen-bond donors (Lipinski definition) is 1. The van der Waals surface area contributed by atoms with Gasteiger partial charge >= 0.3 is 0 Å². The number of Topliss-reactive ketones (excluding diaryl/α,β-unsaturated/α-hetero) is 1. The van der Waals surface area contributed by atoms with Gasteiger partial charge in [0.2, 0.25) is 11.9 Å². The SMILES string of the molecule is C[C@@H]1CN(c2ncc(-c3ccc4c(n3)N(Cc3cccnc3C#N)C(C)(C)C4=O)cn2)CCN1C(=O)Cc1cn(CCCCCCCCCCN)nn1. The average molecular weight is 719 g/mol. The van der Waals surface area contributed by atoms with E-state index in [-0.39, 0.29) is 24.2 Å². The van der Waals surface area contributed by atoms with E-state index in [1.165, 1.54) is 38.5 Å².